The summed E-state index contributed by atoms with van der Waals surface area (Å²) in [6.45, 7) is 6.06. The fourth-order valence-corrected chi connectivity index (χ4v) is 5.12. The van der Waals surface area contributed by atoms with Gasteiger partial charge in [0.1, 0.15) is 0 Å². The molecule has 1 aliphatic rings. The molecule has 1 aromatic heterocycles. The number of carbonyl (C=O) groups is 1. The number of nitrogens with zero attached hydrogens (tertiary/aromatic N) is 2. The largest absolute Gasteiger partial charge is 0.493 e. The van der Waals surface area contributed by atoms with Crippen LogP contribution in [0.25, 0.3) is 6.08 Å². The number of esters is 1. The van der Waals surface area contributed by atoms with Gasteiger partial charge in [0.2, 0.25) is 0 Å². The summed E-state index contributed by atoms with van der Waals surface area (Å²) in [5.74, 6) is 0.566. The number of ether oxygens (including phenoxy) is 3. The molecular weight excluding hydrogens is 488 g/mol. The standard InChI is InChI=1S/C26H25ClN2O5S/c1-5-33-19-12-9-17(14-20(19)32-4)23-22(25(31)34-6-2)15(3)28-26-29(23)24(30)21(35-26)13-16-7-10-18(27)11-8-16/h7-14,23H,5-6H2,1-4H3/b21-13-. The molecule has 0 amide bonds. The number of rotatable bonds is 7. The van der Waals surface area contributed by atoms with Gasteiger partial charge in [0.15, 0.2) is 16.3 Å². The van der Waals surface area contributed by atoms with Gasteiger partial charge < -0.3 is 14.2 Å². The average Bonchev–Trinajstić information content (AvgIpc) is 3.14. The molecule has 0 spiro atoms. The summed E-state index contributed by atoms with van der Waals surface area (Å²) in [6.07, 6.45) is 1.79. The van der Waals surface area contributed by atoms with Crippen LogP contribution in [-0.2, 0) is 9.53 Å². The zero-order valence-corrected chi connectivity index (χ0v) is 21.4. The van der Waals surface area contributed by atoms with Gasteiger partial charge in [-0.1, -0.05) is 41.1 Å². The fourth-order valence-electron chi connectivity index (χ4n) is 3.95. The molecule has 0 bridgehead atoms. The van der Waals surface area contributed by atoms with Crippen molar-refractivity contribution in [3.63, 3.8) is 0 Å². The van der Waals surface area contributed by atoms with E-state index in [2.05, 4.69) is 4.99 Å². The lowest BCUT2D eigenvalue weighted by Gasteiger charge is -2.25. The predicted octanol–water partition coefficient (Wildman–Crippen LogP) is 3.86. The molecule has 0 aliphatic carbocycles. The highest BCUT2D eigenvalue weighted by atomic mass is 35.5. The Hall–Kier alpha value is -3.36. The number of hydrogen-bond donors (Lipinski definition) is 0. The van der Waals surface area contributed by atoms with Crippen LogP contribution >= 0.6 is 22.9 Å². The highest BCUT2D eigenvalue weighted by molar-refractivity contribution is 7.07. The van der Waals surface area contributed by atoms with Gasteiger partial charge in [0.25, 0.3) is 5.56 Å². The number of aromatic nitrogens is 1. The average molecular weight is 513 g/mol. The second-order valence-corrected chi connectivity index (χ2v) is 9.14. The molecular formula is C26H25ClN2O5S. The quantitative estimate of drug-likeness (QED) is 0.449. The summed E-state index contributed by atoms with van der Waals surface area (Å²) in [5.41, 5.74) is 2.07. The Kier molecular flexibility index (Phi) is 7.42. The van der Waals surface area contributed by atoms with E-state index in [1.54, 1.807) is 55.9 Å². The van der Waals surface area contributed by atoms with Crippen LogP contribution in [0.4, 0.5) is 0 Å². The number of benzene rings is 2. The first-order valence-electron chi connectivity index (χ1n) is 11.1. The molecule has 2 heterocycles. The van der Waals surface area contributed by atoms with E-state index in [1.165, 1.54) is 11.3 Å². The maximum absolute atomic E-state index is 13.7. The predicted molar refractivity (Wildman–Crippen MR) is 136 cm³/mol. The summed E-state index contributed by atoms with van der Waals surface area (Å²) in [4.78, 5) is 31.8. The molecule has 0 fully saturated rings. The summed E-state index contributed by atoms with van der Waals surface area (Å²) < 4.78 is 18.6. The Labute approximate surface area is 211 Å². The zero-order valence-electron chi connectivity index (χ0n) is 19.8. The monoisotopic (exact) mass is 512 g/mol. The Morgan fingerprint density at radius 1 is 1.14 bits per heavy atom. The fraction of sp³-hybridized carbons (Fsp3) is 0.269. The van der Waals surface area contributed by atoms with Crippen molar-refractivity contribution in [2.24, 2.45) is 4.99 Å². The second-order valence-electron chi connectivity index (χ2n) is 7.70. The summed E-state index contributed by atoms with van der Waals surface area (Å²) >= 11 is 7.26. The Morgan fingerprint density at radius 3 is 2.54 bits per heavy atom. The molecule has 35 heavy (non-hydrogen) atoms. The molecule has 1 atom stereocenters. The van der Waals surface area contributed by atoms with Crippen molar-refractivity contribution in [1.82, 2.24) is 4.57 Å². The lowest BCUT2D eigenvalue weighted by molar-refractivity contribution is -0.139. The van der Waals surface area contributed by atoms with E-state index in [0.29, 0.717) is 49.3 Å². The Bertz CT molecular complexity index is 1470. The molecule has 0 saturated carbocycles. The maximum Gasteiger partial charge on any atom is 0.338 e. The molecule has 0 saturated heterocycles. The molecule has 1 unspecified atom stereocenters. The van der Waals surface area contributed by atoms with Crippen LogP contribution in [-0.4, -0.2) is 30.9 Å². The molecule has 4 rings (SSSR count). The van der Waals surface area contributed by atoms with Crippen LogP contribution in [0.1, 0.15) is 37.9 Å². The number of carbonyl (C=O) groups excluding carboxylic acids is 1. The van der Waals surface area contributed by atoms with Crippen LogP contribution in [0.5, 0.6) is 11.5 Å². The van der Waals surface area contributed by atoms with Gasteiger partial charge in [-0.2, -0.15) is 0 Å². The SMILES string of the molecule is CCOC(=O)C1=C(C)N=c2s/c(=C\c3ccc(Cl)cc3)c(=O)n2C1c1ccc(OCC)c(OC)c1. The van der Waals surface area contributed by atoms with E-state index in [9.17, 15) is 9.59 Å². The van der Waals surface area contributed by atoms with E-state index in [-0.39, 0.29) is 12.2 Å². The Morgan fingerprint density at radius 2 is 1.89 bits per heavy atom. The Balaban J connectivity index is 1.95. The summed E-state index contributed by atoms with van der Waals surface area (Å²) in [5, 5.41) is 0.614. The maximum atomic E-state index is 13.7. The van der Waals surface area contributed by atoms with Crippen LogP contribution in [0.3, 0.4) is 0 Å². The number of halogens is 1. The van der Waals surface area contributed by atoms with Gasteiger partial charge in [0, 0.05) is 5.02 Å². The number of thiazole rings is 1. The van der Waals surface area contributed by atoms with Crippen LogP contribution in [0.15, 0.2) is 63.5 Å². The molecule has 9 heteroatoms. The molecule has 182 valence electrons. The van der Waals surface area contributed by atoms with E-state index < -0.39 is 12.0 Å². The number of fused-ring (bicyclic) bond motifs is 1. The molecule has 3 aromatic rings. The first-order chi connectivity index (χ1) is 16.9. The minimum Gasteiger partial charge on any atom is -0.493 e. The summed E-state index contributed by atoms with van der Waals surface area (Å²) in [6, 6.07) is 11.9. The first-order valence-corrected chi connectivity index (χ1v) is 12.3. The van der Waals surface area contributed by atoms with Crippen LogP contribution in [0.2, 0.25) is 5.02 Å². The van der Waals surface area contributed by atoms with Crippen molar-refractivity contribution in [2.45, 2.75) is 26.8 Å². The van der Waals surface area contributed by atoms with Crippen molar-refractivity contribution in [3.05, 3.63) is 89.6 Å². The molecule has 2 aromatic carbocycles. The minimum absolute atomic E-state index is 0.204. The van der Waals surface area contributed by atoms with Gasteiger partial charge in [-0.05, 0) is 62.2 Å². The normalized spacial score (nSPS) is 15.5. The van der Waals surface area contributed by atoms with Crippen molar-refractivity contribution in [2.75, 3.05) is 20.3 Å². The topological polar surface area (TPSA) is 79.1 Å². The number of hydrogen-bond acceptors (Lipinski definition) is 7. The van der Waals surface area contributed by atoms with Gasteiger partial charge in [-0.15, -0.1) is 0 Å². The number of allylic oxidation sites excluding steroid dienone is 1. The second kappa shape index (κ2) is 10.5. The molecule has 0 radical (unpaired) electrons. The molecule has 7 nitrogen and oxygen atoms in total. The smallest absolute Gasteiger partial charge is 0.338 e. The first kappa shape index (κ1) is 24.8. The number of methoxy groups -OCH3 is 1. The van der Waals surface area contributed by atoms with Crippen LogP contribution < -0.4 is 24.4 Å². The van der Waals surface area contributed by atoms with E-state index in [0.717, 1.165) is 5.56 Å². The third kappa shape index (κ3) is 4.90. The van der Waals surface area contributed by atoms with Gasteiger partial charge in [0.05, 0.1) is 42.2 Å². The van der Waals surface area contributed by atoms with Crippen molar-refractivity contribution < 1.29 is 19.0 Å². The third-order valence-corrected chi connectivity index (χ3v) is 6.72. The van der Waals surface area contributed by atoms with Crippen LogP contribution in [0, 0.1) is 0 Å². The van der Waals surface area contributed by atoms with Crippen molar-refractivity contribution >= 4 is 35.0 Å². The van der Waals surface area contributed by atoms with Crippen molar-refractivity contribution in [1.29, 1.82) is 0 Å². The zero-order chi connectivity index (χ0) is 25.1. The lowest BCUT2D eigenvalue weighted by atomic mass is 9.95. The van der Waals surface area contributed by atoms with Gasteiger partial charge in [-0.3, -0.25) is 9.36 Å². The van der Waals surface area contributed by atoms with E-state index in [4.69, 9.17) is 25.8 Å². The van der Waals surface area contributed by atoms with Crippen molar-refractivity contribution in [3.8, 4) is 11.5 Å². The highest BCUT2D eigenvalue weighted by Crippen LogP contribution is 2.36. The van der Waals surface area contributed by atoms with Gasteiger partial charge >= 0.3 is 5.97 Å². The van der Waals surface area contributed by atoms with E-state index >= 15 is 0 Å². The molecule has 0 N–H and O–H groups in total. The van der Waals surface area contributed by atoms with Gasteiger partial charge in [-0.25, -0.2) is 9.79 Å². The van der Waals surface area contributed by atoms with E-state index in [1.807, 2.05) is 25.1 Å². The third-order valence-electron chi connectivity index (χ3n) is 5.49. The summed E-state index contributed by atoms with van der Waals surface area (Å²) in [7, 11) is 1.55. The lowest BCUT2D eigenvalue weighted by Crippen LogP contribution is -2.40. The highest BCUT2D eigenvalue weighted by Gasteiger charge is 2.33. The molecule has 1 aliphatic heterocycles. The minimum atomic E-state index is -0.734.